The maximum Gasteiger partial charge on any atom is 0.283 e. The Hall–Kier alpha value is -4.34. The number of aliphatic imine (C=N–C) groups is 1. The molecule has 0 fully saturated rings. The molecule has 6 rings (SSSR count). The van der Waals surface area contributed by atoms with Crippen molar-refractivity contribution in [1.82, 2.24) is 9.58 Å². The standard InChI is InChI=1S/C30H24ClN5O3S/c1-19-8-2-6-12-25(19)39-18-27-34-36-28(32)22(29(37)33-30(36)40-27)16-20-17-35(24-11-5-3-9-21(20)24)14-15-38-26-13-7-4-10-23(26)31/h2-13,16-17,32H,14-15,18H2,1H3/b22-16-,32-28?. The van der Waals surface area contributed by atoms with E-state index >= 15 is 0 Å². The second-order valence-electron chi connectivity index (χ2n) is 9.14. The van der Waals surface area contributed by atoms with Crippen LogP contribution in [0.25, 0.3) is 17.0 Å². The van der Waals surface area contributed by atoms with E-state index in [9.17, 15) is 4.79 Å². The molecule has 0 unspecified atom stereocenters. The van der Waals surface area contributed by atoms with Crippen LogP contribution in [0.4, 0.5) is 0 Å². The number of benzene rings is 3. The van der Waals surface area contributed by atoms with Gasteiger partial charge in [-0.15, -0.1) is 0 Å². The summed E-state index contributed by atoms with van der Waals surface area (Å²) < 4.78 is 13.9. The van der Waals surface area contributed by atoms with E-state index in [0.717, 1.165) is 27.8 Å². The second kappa shape index (κ2) is 11.0. The van der Waals surface area contributed by atoms with Crippen molar-refractivity contribution in [3.05, 3.63) is 101 Å². The van der Waals surface area contributed by atoms with Crippen molar-refractivity contribution < 1.29 is 14.3 Å². The average molecular weight is 570 g/mol. The third-order valence-electron chi connectivity index (χ3n) is 6.49. The lowest BCUT2D eigenvalue weighted by molar-refractivity contribution is -0.114. The summed E-state index contributed by atoms with van der Waals surface area (Å²) in [4.78, 5) is 17.2. The van der Waals surface area contributed by atoms with Gasteiger partial charge in [-0.05, 0) is 54.6 Å². The van der Waals surface area contributed by atoms with Gasteiger partial charge in [0.25, 0.3) is 5.91 Å². The molecule has 1 amide bonds. The smallest absolute Gasteiger partial charge is 0.283 e. The van der Waals surface area contributed by atoms with E-state index in [1.54, 1.807) is 12.1 Å². The fourth-order valence-electron chi connectivity index (χ4n) is 4.49. The highest BCUT2D eigenvalue weighted by Gasteiger charge is 2.36. The highest BCUT2D eigenvalue weighted by molar-refractivity contribution is 8.27. The van der Waals surface area contributed by atoms with Crippen molar-refractivity contribution in [2.75, 3.05) is 13.2 Å². The second-order valence-corrected chi connectivity index (χ2v) is 10.6. The third-order valence-corrected chi connectivity index (χ3v) is 7.68. The molecule has 40 heavy (non-hydrogen) atoms. The molecule has 2 aliphatic rings. The van der Waals surface area contributed by atoms with Crippen LogP contribution < -0.4 is 9.47 Å². The molecule has 0 bridgehead atoms. The molecule has 0 saturated heterocycles. The topological polar surface area (TPSA) is 92.3 Å². The number of hydrogen-bond acceptors (Lipinski definition) is 6. The Morgan fingerprint density at radius 2 is 1.75 bits per heavy atom. The molecular weight excluding hydrogens is 546 g/mol. The molecule has 3 aromatic carbocycles. The van der Waals surface area contributed by atoms with Gasteiger partial charge in [-0.3, -0.25) is 10.2 Å². The van der Waals surface area contributed by atoms with Crippen molar-refractivity contribution in [2.45, 2.75) is 13.5 Å². The fourth-order valence-corrected chi connectivity index (χ4v) is 5.48. The maximum absolute atomic E-state index is 13.0. The minimum absolute atomic E-state index is 0.0210. The van der Waals surface area contributed by atoms with Crippen LogP contribution in [0.1, 0.15) is 11.1 Å². The summed E-state index contributed by atoms with van der Waals surface area (Å²) in [6.45, 7) is 3.17. The number of ether oxygens (including phenoxy) is 2. The summed E-state index contributed by atoms with van der Waals surface area (Å²) in [6.07, 6.45) is 3.66. The average Bonchev–Trinajstić information content (AvgIpc) is 3.53. The molecule has 8 nitrogen and oxygen atoms in total. The number of amides is 1. The molecule has 1 N–H and O–H groups in total. The Kier molecular flexibility index (Phi) is 7.15. The summed E-state index contributed by atoms with van der Waals surface area (Å²) in [7, 11) is 0. The summed E-state index contributed by atoms with van der Waals surface area (Å²) in [6, 6.07) is 23.0. The number of para-hydroxylation sites is 3. The van der Waals surface area contributed by atoms with Crippen LogP contribution in [0, 0.1) is 12.3 Å². The quantitative estimate of drug-likeness (QED) is 0.249. The molecule has 200 valence electrons. The molecular formula is C30H24ClN5O3S. The molecule has 4 aromatic rings. The van der Waals surface area contributed by atoms with E-state index in [0.29, 0.717) is 34.1 Å². The van der Waals surface area contributed by atoms with E-state index in [1.165, 1.54) is 16.8 Å². The number of hydrogen-bond donors (Lipinski definition) is 1. The van der Waals surface area contributed by atoms with E-state index in [4.69, 9.17) is 26.5 Å². The lowest BCUT2D eigenvalue weighted by atomic mass is 10.1. The number of halogens is 1. The third kappa shape index (κ3) is 5.13. The Morgan fingerprint density at radius 3 is 2.58 bits per heavy atom. The highest BCUT2D eigenvalue weighted by Crippen LogP contribution is 2.31. The predicted molar refractivity (Wildman–Crippen MR) is 161 cm³/mol. The van der Waals surface area contributed by atoms with Gasteiger partial charge >= 0.3 is 0 Å². The SMILES string of the molecule is Cc1ccccc1OCC1=NN2C(=N)/C(=C/c3cn(CCOc4ccccc4Cl)c4ccccc34)C(=O)N=C2S1. The van der Waals surface area contributed by atoms with Gasteiger partial charge in [0.05, 0.1) is 17.1 Å². The van der Waals surface area contributed by atoms with Crippen LogP contribution in [0.2, 0.25) is 5.02 Å². The van der Waals surface area contributed by atoms with E-state index < -0.39 is 5.91 Å². The number of thioether (sulfide) groups is 1. The van der Waals surface area contributed by atoms with Crippen molar-refractivity contribution in [1.29, 1.82) is 5.41 Å². The van der Waals surface area contributed by atoms with Crippen LogP contribution in [0.3, 0.4) is 0 Å². The van der Waals surface area contributed by atoms with E-state index in [-0.39, 0.29) is 18.0 Å². The first-order valence-electron chi connectivity index (χ1n) is 12.6. The molecule has 0 atom stereocenters. The first-order valence-corrected chi connectivity index (χ1v) is 13.8. The first-order chi connectivity index (χ1) is 19.5. The lowest BCUT2D eigenvalue weighted by Gasteiger charge is -2.20. The van der Waals surface area contributed by atoms with Crippen molar-refractivity contribution in [3.63, 3.8) is 0 Å². The minimum atomic E-state index is -0.473. The van der Waals surface area contributed by atoms with Crippen LogP contribution in [-0.4, -0.2) is 44.7 Å². The zero-order valence-electron chi connectivity index (χ0n) is 21.5. The minimum Gasteiger partial charge on any atom is -0.490 e. The molecule has 0 saturated carbocycles. The molecule has 0 spiro atoms. The normalized spacial score (nSPS) is 15.8. The zero-order chi connectivity index (χ0) is 27.6. The predicted octanol–water partition coefficient (Wildman–Crippen LogP) is 6.38. The van der Waals surface area contributed by atoms with Gasteiger partial charge < -0.3 is 14.0 Å². The van der Waals surface area contributed by atoms with Gasteiger partial charge in [0.1, 0.15) is 29.8 Å². The van der Waals surface area contributed by atoms with Gasteiger partial charge in [-0.2, -0.15) is 15.1 Å². The number of rotatable bonds is 8. The van der Waals surface area contributed by atoms with E-state index in [2.05, 4.69) is 14.7 Å². The van der Waals surface area contributed by atoms with Gasteiger partial charge in [0, 0.05) is 22.7 Å². The van der Waals surface area contributed by atoms with Crippen LogP contribution >= 0.6 is 23.4 Å². The van der Waals surface area contributed by atoms with Crippen molar-refractivity contribution >= 4 is 62.3 Å². The van der Waals surface area contributed by atoms with Crippen LogP contribution in [0.5, 0.6) is 11.5 Å². The van der Waals surface area contributed by atoms with Crippen LogP contribution in [-0.2, 0) is 11.3 Å². The molecule has 2 aliphatic heterocycles. The first kappa shape index (κ1) is 25.9. The zero-order valence-corrected chi connectivity index (χ0v) is 23.1. The Labute approximate surface area is 240 Å². The summed E-state index contributed by atoms with van der Waals surface area (Å²) in [5.41, 5.74) is 2.98. The number of amidine groups is 2. The number of hydrazone groups is 1. The molecule has 3 heterocycles. The number of fused-ring (bicyclic) bond motifs is 2. The summed E-state index contributed by atoms with van der Waals surface area (Å²) in [5, 5.41) is 17.2. The lowest BCUT2D eigenvalue weighted by Crippen LogP contribution is -2.35. The van der Waals surface area contributed by atoms with Crippen molar-refractivity contribution in [2.24, 2.45) is 10.1 Å². The molecule has 10 heteroatoms. The Morgan fingerprint density at radius 1 is 1.00 bits per heavy atom. The number of carbonyl (C=O) groups excluding carboxylic acids is 1. The molecule has 0 aliphatic carbocycles. The highest BCUT2D eigenvalue weighted by atomic mass is 35.5. The molecule has 0 radical (unpaired) electrons. The van der Waals surface area contributed by atoms with Gasteiger partial charge in [0.2, 0.25) is 5.17 Å². The summed E-state index contributed by atoms with van der Waals surface area (Å²) in [5.74, 6) is 0.898. The number of aryl methyl sites for hydroxylation is 1. The monoisotopic (exact) mass is 569 g/mol. The fraction of sp³-hybridized carbons (Fsp3) is 0.133. The largest absolute Gasteiger partial charge is 0.490 e. The Balaban J connectivity index is 1.22. The Bertz CT molecular complexity index is 1740. The number of aromatic nitrogens is 1. The number of nitrogens with zero attached hydrogens (tertiary/aromatic N) is 4. The maximum atomic E-state index is 13.0. The van der Waals surface area contributed by atoms with Gasteiger partial charge in [-0.25, -0.2) is 0 Å². The number of carbonyl (C=O) groups is 1. The van der Waals surface area contributed by atoms with Gasteiger partial charge in [-0.1, -0.05) is 60.1 Å². The van der Waals surface area contributed by atoms with E-state index in [1.807, 2.05) is 79.9 Å². The van der Waals surface area contributed by atoms with Gasteiger partial charge in [0.15, 0.2) is 5.84 Å². The van der Waals surface area contributed by atoms with Crippen molar-refractivity contribution in [3.8, 4) is 11.5 Å². The molecule has 1 aromatic heterocycles. The number of nitrogens with one attached hydrogen (secondary N) is 1. The van der Waals surface area contributed by atoms with Crippen LogP contribution in [0.15, 0.2) is 94.7 Å². The summed E-state index contributed by atoms with van der Waals surface area (Å²) >= 11 is 7.45.